The lowest BCUT2D eigenvalue weighted by atomic mass is 9.89. The molecule has 8 atom stereocenters. The minimum absolute atomic E-state index is 0. The maximum Gasteiger partial charge on any atom is 0.328 e. The van der Waals surface area contributed by atoms with Crippen LogP contribution in [-0.4, -0.2) is 112 Å². The van der Waals surface area contributed by atoms with Crippen LogP contribution in [0.15, 0.2) is 0 Å². The summed E-state index contributed by atoms with van der Waals surface area (Å²) in [6, 6.07) is -7.71. The van der Waals surface area contributed by atoms with Gasteiger partial charge in [-0.05, 0) is 80.5 Å². The predicted octanol–water partition coefficient (Wildman–Crippen LogP) is 6.77. The van der Waals surface area contributed by atoms with Crippen LogP contribution in [-0.2, 0) is 52.7 Å². The van der Waals surface area contributed by atoms with E-state index in [4.69, 9.17) is 4.74 Å². The summed E-state index contributed by atoms with van der Waals surface area (Å²) in [4.78, 5) is 137. The van der Waals surface area contributed by atoms with Crippen molar-refractivity contribution in [1.29, 1.82) is 0 Å². The highest BCUT2D eigenvalue weighted by Gasteiger charge is 2.37. The summed E-state index contributed by atoms with van der Waals surface area (Å²) in [5, 5.41) is 35.7. The van der Waals surface area contributed by atoms with Crippen molar-refractivity contribution in [2.45, 2.75) is 248 Å². The first-order valence-electron chi connectivity index (χ1n) is 27.1. The molecule has 1 aliphatic rings. The van der Waals surface area contributed by atoms with Crippen LogP contribution in [0.25, 0.3) is 0 Å². The average Bonchev–Trinajstić information content (AvgIpc) is 3.26. The van der Waals surface area contributed by atoms with Crippen molar-refractivity contribution in [3.8, 4) is 0 Å². The molecule has 0 spiro atoms. The number of carbonyl (C=O) groups is 10. The number of unbranched alkanes of at least 4 members (excludes halogenated alkanes) is 6. The summed E-state index contributed by atoms with van der Waals surface area (Å²) in [5.41, 5.74) is 0. The Morgan fingerprint density at radius 3 is 1.35 bits per heavy atom. The zero-order chi connectivity index (χ0) is 55.5. The largest absolute Gasteiger partial charge is 0.481 e. The molecule has 0 aromatic heterocycles. The Labute approximate surface area is 442 Å². The van der Waals surface area contributed by atoms with E-state index in [0.29, 0.717) is 12.3 Å². The van der Waals surface area contributed by atoms with E-state index in [-0.39, 0.29) is 69.6 Å². The number of aliphatic carboxylic acids is 2. The van der Waals surface area contributed by atoms with Crippen LogP contribution in [0.5, 0.6) is 0 Å². The normalized spacial score (nSPS) is 23.8. The molecule has 0 aromatic carbocycles. The lowest BCUT2D eigenvalue weighted by molar-refractivity contribution is -0.155. The number of hydrogen-bond donors (Lipinski definition) is 8. The third-order valence-corrected chi connectivity index (χ3v) is 12.7. The topological polar surface area (TPSA) is 293 Å². The lowest BCUT2D eigenvalue weighted by Crippen LogP contribution is -2.58. The second-order valence-corrected chi connectivity index (χ2v) is 22.7. The third kappa shape index (κ3) is 29.1. The molecule has 1 heterocycles. The quantitative estimate of drug-likeness (QED) is 0.0366. The Morgan fingerprint density at radius 2 is 0.905 bits per heavy atom. The van der Waals surface area contributed by atoms with Gasteiger partial charge in [-0.2, -0.15) is 0 Å². The fourth-order valence-electron chi connectivity index (χ4n) is 8.87. The summed E-state index contributed by atoms with van der Waals surface area (Å²) in [6.45, 7) is 22.2. The van der Waals surface area contributed by atoms with Crippen LogP contribution in [0, 0.1) is 41.4 Å². The van der Waals surface area contributed by atoms with Gasteiger partial charge in [-0.15, -0.1) is 0 Å². The number of amides is 6. The molecular weight excluding hydrogens is 953 g/mol. The van der Waals surface area contributed by atoms with Crippen molar-refractivity contribution >= 4 is 59.1 Å². The second-order valence-electron chi connectivity index (χ2n) is 22.7. The fourth-order valence-corrected chi connectivity index (χ4v) is 8.87. The summed E-state index contributed by atoms with van der Waals surface area (Å²) in [6.07, 6.45) is 4.64. The SMILES string of the molecule is C.CC(C)CCCCCCCCC[C@@H]1CC(=O)N[C@@H](CCC(=O)O)C(=O)N[C@@H](CC(C)C)C(=O)N[C@H](CC(C)C)C(=O)N[C@@H](C(C)C)C(=O)C[C@@H](CC(=O)O)C(=O)N[C@H](CC(C)C)C(=O)N[C@@H](CC(C)C)C(=O)O1. The molecule has 0 aliphatic carbocycles. The van der Waals surface area contributed by atoms with Crippen LogP contribution < -0.4 is 31.9 Å². The molecule has 0 saturated carbocycles. The number of cyclic esters (lactones) is 1. The molecule has 74 heavy (non-hydrogen) atoms. The van der Waals surface area contributed by atoms with Gasteiger partial charge in [0.25, 0.3) is 0 Å². The van der Waals surface area contributed by atoms with Crippen LogP contribution in [0.4, 0.5) is 0 Å². The first-order chi connectivity index (χ1) is 34.1. The first-order valence-corrected chi connectivity index (χ1v) is 27.1. The van der Waals surface area contributed by atoms with Crippen LogP contribution in [0.1, 0.15) is 206 Å². The third-order valence-electron chi connectivity index (χ3n) is 12.7. The van der Waals surface area contributed by atoms with Gasteiger partial charge in [-0.25, -0.2) is 4.79 Å². The summed E-state index contributed by atoms with van der Waals surface area (Å²) in [5.74, 6) is -11.0. The number of carboxylic acids is 2. The van der Waals surface area contributed by atoms with Gasteiger partial charge in [0.05, 0.1) is 24.8 Å². The average molecular weight is 1050 g/mol. The molecule has 0 radical (unpaired) electrons. The Bertz CT molecular complexity index is 1800. The molecule has 1 fully saturated rings. The summed E-state index contributed by atoms with van der Waals surface area (Å²) in [7, 11) is 0. The molecule has 426 valence electrons. The number of ether oxygens (including phenoxy) is 1. The van der Waals surface area contributed by atoms with E-state index in [9.17, 15) is 58.2 Å². The highest BCUT2D eigenvalue weighted by Crippen LogP contribution is 2.21. The molecule has 0 aromatic rings. The smallest absolute Gasteiger partial charge is 0.328 e. The summed E-state index contributed by atoms with van der Waals surface area (Å²) >= 11 is 0. The number of rotatable bonds is 24. The zero-order valence-corrected chi connectivity index (χ0v) is 46.2. The van der Waals surface area contributed by atoms with Crippen molar-refractivity contribution in [1.82, 2.24) is 31.9 Å². The molecule has 1 aliphatic heterocycles. The van der Waals surface area contributed by atoms with E-state index in [1.54, 1.807) is 27.7 Å². The van der Waals surface area contributed by atoms with Gasteiger partial charge in [0.15, 0.2) is 5.78 Å². The Morgan fingerprint density at radius 1 is 0.486 bits per heavy atom. The van der Waals surface area contributed by atoms with Gasteiger partial charge in [-0.3, -0.25) is 43.2 Å². The van der Waals surface area contributed by atoms with Crippen molar-refractivity contribution in [2.75, 3.05) is 0 Å². The number of esters is 1. The number of nitrogens with one attached hydrogen (secondary N) is 6. The zero-order valence-electron chi connectivity index (χ0n) is 46.2. The maximum atomic E-state index is 14.2. The van der Waals surface area contributed by atoms with Gasteiger partial charge in [0, 0.05) is 12.8 Å². The van der Waals surface area contributed by atoms with E-state index < -0.39 is 139 Å². The maximum absolute atomic E-state index is 14.2. The number of ketones is 1. The van der Waals surface area contributed by atoms with Gasteiger partial charge in [-0.1, -0.05) is 135 Å². The predicted molar refractivity (Wildman–Crippen MR) is 284 cm³/mol. The Kier molecular flexibility index (Phi) is 33.5. The van der Waals surface area contributed by atoms with Crippen LogP contribution in [0.3, 0.4) is 0 Å². The minimum Gasteiger partial charge on any atom is -0.481 e. The van der Waals surface area contributed by atoms with Gasteiger partial charge < -0.3 is 46.9 Å². The fraction of sp³-hybridized carbons (Fsp3) is 0.818. The number of carbonyl (C=O) groups excluding carboxylic acids is 8. The molecule has 19 heteroatoms. The number of hydrogen-bond acceptors (Lipinski definition) is 11. The molecule has 0 unspecified atom stereocenters. The minimum atomic E-state index is -1.47. The highest BCUT2D eigenvalue weighted by atomic mass is 16.5. The van der Waals surface area contributed by atoms with Crippen molar-refractivity contribution in [3.63, 3.8) is 0 Å². The standard InChI is InChI=1S/C54H94N6O13.CH4/c1-31(2)20-18-16-14-13-15-17-19-21-38-30-45(62)55-39(22-23-46(63)64)50(68)57-41(25-33(5)6)51(69)58-42(26-34(7)8)53(71)60-48(36(11)12)44(61)28-37(29-47(65)66)49(67)56-40(24-32(3)4)52(70)59-43(27-35(9)10)54(72)73-38;/h31-43,48H,13-30H2,1-12H3,(H,55,62)(H,56,67)(H,57,68)(H,58,69)(H,59,70)(H,60,71)(H,63,64)(H,65,66);1H4/t37-,38+,39-,40+,41-,42+,43-,48-;/m0./s1. The monoisotopic (exact) mass is 1050 g/mol. The molecular formula is C55H98N6O13. The van der Waals surface area contributed by atoms with Crippen molar-refractivity contribution < 1.29 is 62.9 Å². The van der Waals surface area contributed by atoms with Gasteiger partial charge >= 0.3 is 17.9 Å². The van der Waals surface area contributed by atoms with Crippen LogP contribution in [0.2, 0.25) is 0 Å². The number of carboxylic acid groups (broad SMARTS) is 2. The molecule has 19 nitrogen and oxygen atoms in total. The van der Waals surface area contributed by atoms with Gasteiger partial charge in [0.2, 0.25) is 35.4 Å². The van der Waals surface area contributed by atoms with Crippen LogP contribution >= 0.6 is 0 Å². The molecule has 8 N–H and O–H groups in total. The molecule has 0 bridgehead atoms. The number of Topliss-reactive ketones (excluding diaryl/α,β-unsaturated/α-hetero) is 1. The molecule has 1 rings (SSSR count). The van der Waals surface area contributed by atoms with E-state index in [1.807, 2.05) is 41.5 Å². The van der Waals surface area contributed by atoms with Crippen molar-refractivity contribution in [3.05, 3.63) is 0 Å². The van der Waals surface area contributed by atoms with Crippen molar-refractivity contribution in [2.24, 2.45) is 41.4 Å². The van der Waals surface area contributed by atoms with E-state index >= 15 is 0 Å². The summed E-state index contributed by atoms with van der Waals surface area (Å²) < 4.78 is 6.05. The van der Waals surface area contributed by atoms with E-state index in [1.165, 1.54) is 6.42 Å². The molecule has 6 amide bonds. The second kappa shape index (κ2) is 36.0. The highest BCUT2D eigenvalue weighted by molar-refractivity contribution is 5.98. The Hall–Kier alpha value is -5.10. The van der Waals surface area contributed by atoms with E-state index in [2.05, 4.69) is 45.7 Å². The van der Waals surface area contributed by atoms with E-state index in [0.717, 1.165) is 38.5 Å². The lowest BCUT2D eigenvalue weighted by Gasteiger charge is -2.29. The molecule has 1 saturated heterocycles. The Balaban J connectivity index is 0.0000533. The first kappa shape index (κ1) is 68.9. The van der Waals surface area contributed by atoms with Gasteiger partial charge in [0.1, 0.15) is 36.3 Å².